The van der Waals surface area contributed by atoms with Crippen molar-refractivity contribution in [3.63, 3.8) is 0 Å². The maximum absolute atomic E-state index is 11.4. The molecule has 3 aromatic carbocycles. The molecule has 0 aromatic heterocycles. The van der Waals surface area contributed by atoms with E-state index in [2.05, 4.69) is 10.0 Å². The summed E-state index contributed by atoms with van der Waals surface area (Å²) in [5.74, 6) is 0. The van der Waals surface area contributed by atoms with Crippen LogP contribution in [0.2, 0.25) is 0 Å². The van der Waals surface area contributed by atoms with E-state index in [0.717, 1.165) is 16.7 Å². The van der Waals surface area contributed by atoms with Crippen LogP contribution in [0.4, 0.5) is 0 Å². The monoisotopic (exact) mass is 533 g/mol. The fraction of sp³-hybridized carbons (Fsp3) is 0.400. The first kappa shape index (κ1) is 28.7. The van der Waals surface area contributed by atoms with Crippen molar-refractivity contribution >= 4 is 0 Å². The summed E-state index contributed by atoms with van der Waals surface area (Å²) in [6, 6.07) is 29.3. The zero-order valence-corrected chi connectivity index (χ0v) is 21.8. The summed E-state index contributed by atoms with van der Waals surface area (Å²) in [7, 11) is 0. The van der Waals surface area contributed by atoms with E-state index in [-0.39, 0.29) is 19.8 Å². The quantitative estimate of drug-likeness (QED) is 0.125. The molecule has 3 aromatic rings. The fourth-order valence-corrected chi connectivity index (χ4v) is 4.31. The highest BCUT2D eigenvalue weighted by molar-refractivity contribution is 5.15. The van der Waals surface area contributed by atoms with Crippen molar-refractivity contribution < 1.29 is 28.8 Å². The van der Waals surface area contributed by atoms with Crippen LogP contribution in [0.5, 0.6) is 0 Å². The molecule has 1 N–H and O–H groups in total. The first-order valence-electron chi connectivity index (χ1n) is 13.1. The normalized spacial score (nSPS) is 22.7. The van der Waals surface area contributed by atoms with Crippen molar-refractivity contribution in [3.05, 3.63) is 118 Å². The van der Waals surface area contributed by atoms with Crippen LogP contribution in [0, 0.1) is 0 Å². The number of nitrogens with zero attached hydrogens (tertiary/aromatic N) is 3. The third kappa shape index (κ3) is 9.16. The van der Waals surface area contributed by atoms with Crippen LogP contribution in [0.15, 0.2) is 96.1 Å². The van der Waals surface area contributed by atoms with Crippen molar-refractivity contribution in [3.8, 4) is 0 Å². The Kier molecular flexibility index (Phi) is 11.8. The van der Waals surface area contributed by atoms with Gasteiger partial charge in [-0.3, -0.25) is 0 Å². The van der Waals surface area contributed by atoms with Crippen LogP contribution < -0.4 is 0 Å². The summed E-state index contributed by atoms with van der Waals surface area (Å²) in [6.07, 6.45) is -3.48. The minimum atomic E-state index is -1.02. The van der Waals surface area contributed by atoms with Gasteiger partial charge in [0.2, 0.25) is 0 Å². The molecule has 1 aliphatic heterocycles. The Hall–Kier alpha value is -3.27. The number of azide groups is 1. The molecule has 0 spiro atoms. The minimum Gasteiger partial charge on any atom is -0.387 e. The van der Waals surface area contributed by atoms with Crippen molar-refractivity contribution in [1.82, 2.24) is 0 Å². The Morgan fingerprint density at radius 2 is 1.28 bits per heavy atom. The van der Waals surface area contributed by atoms with E-state index in [0.29, 0.717) is 26.2 Å². The molecule has 1 saturated heterocycles. The molecular formula is C30H35N3O6. The maximum atomic E-state index is 11.4. The van der Waals surface area contributed by atoms with Gasteiger partial charge in [0.1, 0.15) is 24.4 Å². The molecule has 1 fully saturated rings. The molecular weight excluding hydrogens is 498 g/mol. The SMILES string of the molecule is [N-]=[N+]=NCCCO[C@@H]1O[C@H](COCc2ccccc2)[C@H](O)[C@H](OCc2ccccc2)[C@H]1OCc1ccccc1. The van der Waals surface area contributed by atoms with Crippen LogP contribution in [-0.2, 0) is 43.5 Å². The third-order valence-electron chi connectivity index (χ3n) is 6.33. The summed E-state index contributed by atoms with van der Waals surface area (Å²) in [5, 5.41) is 15.0. The Morgan fingerprint density at radius 3 is 1.85 bits per heavy atom. The average Bonchev–Trinajstić information content (AvgIpc) is 2.98. The Morgan fingerprint density at radius 1 is 0.744 bits per heavy atom. The molecule has 9 heteroatoms. The van der Waals surface area contributed by atoms with Gasteiger partial charge in [-0.2, -0.15) is 0 Å². The lowest BCUT2D eigenvalue weighted by Crippen LogP contribution is -2.61. The van der Waals surface area contributed by atoms with Gasteiger partial charge in [-0.05, 0) is 28.6 Å². The smallest absolute Gasteiger partial charge is 0.186 e. The zero-order valence-electron chi connectivity index (χ0n) is 21.8. The maximum Gasteiger partial charge on any atom is 0.186 e. The summed E-state index contributed by atoms with van der Waals surface area (Å²) in [6.45, 7) is 1.70. The first-order chi connectivity index (χ1) is 19.2. The van der Waals surface area contributed by atoms with E-state index in [1.54, 1.807) is 0 Å². The van der Waals surface area contributed by atoms with Gasteiger partial charge in [-0.15, -0.1) is 0 Å². The fourth-order valence-electron chi connectivity index (χ4n) is 4.31. The highest BCUT2D eigenvalue weighted by Gasteiger charge is 2.47. The van der Waals surface area contributed by atoms with Crippen LogP contribution in [0.1, 0.15) is 23.1 Å². The topological polar surface area (TPSA) is 115 Å². The third-order valence-corrected chi connectivity index (χ3v) is 6.33. The van der Waals surface area contributed by atoms with Crippen LogP contribution in [-0.4, -0.2) is 55.6 Å². The van der Waals surface area contributed by atoms with Crippen molar-refractivity contribution in [2.24, 2.45) is 5.11 Å². The van der Waals surface area contributed by atoms with Gasteiger partial charge in [0.05, 0.1) is 26.4 Å². The van der Waals surface area contributed by atoms with E-state index in [1.807, 2.05) is 91.0 Å². The van der Waals surface area contributed by atoms with Crippen LogP contribution in [0.3, 0.4) is 0 Å². The molecule has 1 aliphatic rings. The minimum absolute atomic E-state index is 0.144. The number of aliphatic hydroxyl groups is 1. The van der Waals surface area contributed by atoms with Crippen LogP contribution >= 0.6 is 0 Å². The molecule has 9 nitrogen and oxygen atoms in total. The lowest BCUT2D eigenvalue weighted by molar-refractivity contribution is -0.321. The van der Waals surface area contributed by atoms with Gasteiger partial charge in [0, 0.05) is 18.1 Å². The van der Waals surface area contributed by atoms with E-state index in [1.165, 1.54) is 0 Å². The first-order valence-corrected chi connectivity index (χ1v) is 13.1. The predicted molar refractivity (Wildman–Crippen MR) is 145 cm³/mol. The molecule has 4 rings (SSSR count). The number of hydrogen-bond acceptors (Lipinski definition) is 7. The van der Waals surface area contributed by atoms with Gasteiger partial charge in [-0.1, -0.05) is 96.1 Å². The molecule has 1 heterocycles. The largest absolute Gasteiger partial charge is 0.387 e. The zero-order chi connectivity index (χ0) is 27.1. The lowest BCUT2D eigenvalue weighted by Gasteiger charge is -2.44. The highest BCUT2D eigenvalue weighted by Crippen LogP contribution is 2.29. The Balaban J connectivity index is 1.49. The van der Waals surface area contributed by atoms with E-state index in [4.69, 9.17) is 29.2 Å². The summed E-state index contributed by atoms with van der Waals surface area (Å²) < 4.78 is 30.8. The number of aliphatic hydroxyl groups excluding tert-OH is 1. The van der Waals surface area contributed by atoms with Gasteiger partial charge in [0.25, 0.3) is 0 Å². The van der Waals surface area contributed by atoms with Crippen molar-refractivity contribution in [2.75, 3.05) is 19.8 Å². The number of benzene rings is 3. The van der Waals surface area contributed by atoms with Crippen molar-refractivity contribution in [2.45, 2.75) is 56.9 Å². The molecule has 0 saturated carbocycles. The molecule has 206 valence electrons. The van der Waals surface area contributed by atoms with Crippen LogP contribution in [0.25, 0.3) is 10.4 Å². The highest BCUT2D eigenvalue weighted by atomic mass is 16.7. The second-order valence-electron chi connectivity index (χ2n) is 9.24. The van der Waals surface area contributed by atoms with Gasteiger partial charge in [-0.25, -0.2) is 0 Å². The van der Waals surface area contributed by atoms with Gasteiger partial charge in [0.15, 0.2) is 6.29 Å². The number of hydrogen-bond donors (Lipinski definition) is 1. The summed E-state index contributed by atoms with van der Waals surface area (Å²) in [4.78, 5) is 2.79. The van der Waals surface area contributed by atoms with E-state index < -0.39 is 30.7 Å². The lowest BCUT2D eigenvalue weighted by atomic mass is 9.98. The second-order valence-corrected chi connectivity index (χ2v) is 9.24. The van der Waals surface area contributed by atoms with E-state index >= 15 is 0 Å². The van der Waals surface area contributed by atoms with E-state index in [9.17, 15) is 5.11 Å². The number of rotatable bonds is 15. The molecule has 0 unspecified atom stereocenters. The van der Waals surface area contributed by atoms with Crippen molar-refractivity contribution in [1.29, 1.82) is 0 Å². The summed E-state index contributed by atoms with van der Waals surface area (Å²) in [5.41, 5.74) is 11.5. The second kappa shape index (κ2) is 16.0. The molecule has 0 bridgehead atoms. The van der Waals surface area contributed by atoms with Gasteiger partial charge >= 0.3 is 0 Å². The summed E-state index contributed by atoms with van der Waals surface area (Å²) >= 11 is 0. The molecule has 0 aliphatic carbocycles. The van der Waals surface area contributed by atoms with Gasteiger partial charge < -0.3 is 28.8 Å². The predicted octanol–water partition coefficient (Wildman–Crippen LogP) is 5.18. The molecule has 39 heavy (non-hydrogen) atoms. The molecule has 0 radical (unpaired) electrons. The average molecular weight is 534 g/mol. The Labute approximate surface area is 228 Å². The Bertz CT molecular complexity index is 1130. The molecule has 5 atom stereocenters. The molecule has 0 amide bonds. The standard InChI is InChI=1S/C30H35N3O6/c31-33-32-17-10-18-36-30-29(38-21-25-15-8-3-9-16-25)28(37-20-24-13-6-2-7-14-24)27(34)26(39-30)22-35-19-23-11-4-1-5-12-23/h1-9,11-16,26-30,34H,10,17-22H2/t26-,27+,28+,29-,30-/m1/s1. The number of ether oxygens (including phenoxy) is 5.